The second-order valence-electron chi connectivity index (χ2n) is 8.43. The number of hydrogen-bond donors (Lipinski definition) is 2. The summed E-state index contributed by atoms with van der Waals surface area (Å²) in [7, 11) is -3.71. The fraction of sp³-hybridized carbons (Fsp3) is 0.0345. The second kappa shape index (κ2) is 10.4. The molecule has 184 valence electrons. The van der Waals surface area contributed by atoms with E-state index in [1.165, 1.54) is 11.3 Å². The number of hydrogen-bond acceptors (Lipinski definition) is 5. The van der Waals surface area contributed by atoms with Gasteiger partial charge in [-0.25, -0.2) is 13.4 Å². The third-order valence-electron chi connectivity index (χ3n) is 5.74. The number of carbonyl (C=O) groups excluding carboxylic acids is 1. The first kappa shape index (κ1) is 24.4. The molecule has 0 aliphatic carbocycles. The van der Waals surface area contributed by atoms with Gasteiger partial charge in [0.25, 0.3) is 15.9 Å². The number of amides is 1. The van der Waals surface area contributed by atoms with Gasteiger partial charge in [0, 0.05) is 22.2 Å². The maximum Gasteiger partial charge on any atom is 0.261 e. The molecule has 0 spiro atoms. The Hall–Kier alpha value is -4.27. The van der Waals surface area contributed by atoms with Crippen LogP contribution < -0.4 is 10.0 Å². The lowest BCUT2D eigenvalue weighted by molar-refractivity contribution is 0.102. The maximum atomic E-state index is 12.7. The molecule has 37 heavy (non-hydrogen) atoms. The molecule has 0 saturated heterocycles. The molecule has 6 nitrogen and oxygen atoms in total. The highest BCUT2D eigenvalue weighted by molar-refractivity contribution is 7.92. The number of thiazole rings is 1. The van der Waals surface area contributed by atoms with E-state index in [1.807, 2.05) is 42.6 Å². The number of nitrogens with one attached hydrogen (secondary N) is 2. The number of rotatable bonds is 7. The number of anilines is 2. The first-order chi connectivity index (χ1) is 17.9. The molecule has 0 saturated carbocycles. The minimum atomic E-state index is -3.71. The minimum Gasteiger partial charge on any atom is -0.298 e. The highest BCUT2D eigenvalue weighted by Crippen LogP contribution is 2.28. The van der Waals surface area contributed by atoms with Crippen LogP contribution in [0.15, 0.2) is 113 Å². The van der Waals surface area contributed by atoms with E-state index in [0.717, 1.165) is 27.9 Å². The normalized spacial score (nSPS) is 11.2. The van der Waals surface area contributed by atoms with Gasteiger partial charge >= 0.3 is 0 Å². The molecule has 8 heteroatoms. The molecule has 5 rings (SSSR count). The van der Waals surface area contributed by atoms with Gasteiger partial charge in [0.2, 0.25) is 0 Å². The first-order valence-electron chi connectivity index (χ1n) is 11.5. The average Bonchev–Trinajstić information content (AvgIpc) is 3.38. The summed E-state index contributed by atoms with van der Waals surface area (Å²) in [4.78, 5) is 17.5. The van der Waals surface area contributed by atoms with E-state index in [1.54, 1.807) is 48.5 Å². The summed E-state index contributed by atoms with van der Waals surface area (Å²) in [6, 6.07) is 31.1. The summed E-state index contributed by atoms with van der Waals surface area (Å²) < 4.78 is 27.7. The van der Waals surface area contributed by atoms with E-state index in [4.69, 9.17) is 0 Å². The highest BCUT2D eigenvalue weighted by Gasteiger charge is 2.15. The third-order valence-corrected chi connectivity index (χ3v) is 7.90. The summed E-state index contributed by atoms with van der Waals surface area (Å²) in [5.41, 5.74) is 5.74. The molecule has 1 aromatic heterocycles. The van der Waals surface area contributed by atoms with Gasteiger partial charge < -0.3 is 0 Å². The average molecular weight is 526 g/mol. The van der Waals surface area contributed by atoms with Crippen molar-refractivity contribution in [3.8, 4) is 22.4 Å². The van der Waals surface area contributed by atoms with Crippen molar-refractivity contribution in [2.75, 3.05) is 10.0 Å². The molecule has 0 bridgehead atoms. The lowest BCUT2D eigenvalue weighted by atomic mass is 10.0. The molecular formula is C29H23N3O3S2. The van der Waals surface area contributed by atoms with E-state index >= 15 is 0 Å². The molecule has 5 aromatic rings. The second-order valence-corrected chi connectivity index (χ2v) is 11.0. The number of sulfonamides is 1. The van der Waals surface area contributed by atoms with Gasteiger partial charge in [-0.15, -0.1) is 11.3 Å². The summed E-state index contributed by atoms with van der Waals surface area (Å²) >= 11 is 1.34. The van der Waals surface area contributed by atoms with Crippen LogP contribution in [0.3, 0.4) is 0 Å². The van der Waals surface area contributed by atoms with Crippen molar-refractivity contribution in [1.82, 2.24) is 4.98 Å². The quantitative estimate of drug-likeness (QED) is 0.244. The van der Waals surface area contributed by atoms with Gasteiger partial charge in [0.05, 0.1) is 10.6 Å². The monoisotopic (exact) mass is 525 g/mol. The van der Waals surface area contributed by atoms with Crippen molar-refractivity contribution in [3.63, 3.8) is 0 Å². The number of carbonyl (C=O) groups is 1. The predicted molar refractivity (Wildman–Crippen MR) is 149 cm³/mol. The number of aromatic nitrogens is 1. The third kappa shape index (κ3) is 5.77. The Morgan fingerprint density at radius 1 is 0.757 bits per heavy atom. The number of aryl methyl sites for hydroxylation is 1. The molecule has 2 N–H and O–H groups in total. The van der Waals surface area contributed by atoms with Gasteiger partial charge in [-0.1, -0.05) is 72.3 Å². The van der Waals surface area contributed by atoms with E-state index < -0.39 is 10.0 Å². The molecule has 0 fully saturated rings. The molecule has 0 unspecified atom stereocenters. The molecule has 0 atom stereocenters. The topological polar surface area (TPSA) is 88.2 Å². The van der Waals surface area contributed by atoms with Crippen molar-refractivity contribution >= 4 is 38.1 Å². The lowest BCUT2D eigenvalue weighted by Gasteiger charge is -2.09. The highest BCUT2D eigenvalue weighted by atomic mass is 32.2. The molecule has 0 aliphatic heterocycles. The van der Waals surface area contributed by atoms with Gasteiger partial charge in [0.15, 0.2) is 5.13 Å². The summed E-state index contributed by atoms with van der Waals surface area (Å²) in [5.74, 6) is -0.326. The first-order valence-corrected chi connectivity index (χ1v) is 13.9. The van der Waals surface area contributed by atoms with Gasteiger partial charge in [-0.2, -0.15) is 0 Å². The largest absolute Gasteiger partial charge is 0.298 e. The molecule has 0 aliphatic rings. The number of nitrogens with zero attached hydrogens (tertiary/aromatic N) is 1. The standard InChI is InChI=1S/C29H23N3O3S2/c1-20-7-17-26(18-8-20)37(34,35)32-25-15-13-24(14-16-25)28(33)31-29-30-27(19-36-29)23-11-9-22(10-12-23)21-5-3-2-4-6-21/h2-19,32H,1H3,(H,30,31,33). The molecular weight excluding hydrogens is 502 g/mol. The molecule has 4 aromatic carbocycles. The lowest BCUT2D eigenvalue weighted by Crippen LogP contribution is -2.14. The van der Waals surface area contributed by atoms with Crippen LogP contribution >= 0.6 is 11.3 Å². The van der Waals surface area contributed by atoms with E-state index in [2.05, 4.69) is 39.3 Å². The van der Waals surface area contributed by atoms with Crippen molar-refractivity contribution in [3.05, 3.63) is 120 Å². The Morgan fingerprint density at radius 3 is 2.05 bits per heavy atom. The van der Waals surface area contributed by atoms with Crippen LogP contribution in [0.25, 0.3) is 22.4 Å². The Balaban J connectivity index is 1.23. The minimum absolute atomic E-state index is 0.175. The van der Waals surface area contributed by atoms with Gasteiger partial charge in [-0.05, 0) is 54.4 Å². The van der Waals surface area contributed by atoms with E-state index in [-0.39, 0.29) is 10.8 Å². The fourth-order valence-corrected chi connectivity index (χ4v) is 5.49. The van der Waals surface area contributed by atoms with Gasteiger partial charge in [0.1, 0.15) is 0 Å². The van der Waals surface area contributed by atoms with Crippen LogP contribution in [-0.2, 0) is 10.0 Å². The van der Waals surface area contributed by atoms with Crippen molar-refractivity contribution < 1.29 is 13.2 Å². The summed E-state index contributed by atoms with van der Waals surface area (Å²) in [6.07, 6.45) is 0. The van der Waals surface area contributed by atoms with Crippen LogP contribution in [0.1, 0.15) is 15.9 Å². The van der Waals surface area contributed by atoms with Crippen LogP contribution in [0.5, 0.6) is 0 Å². The van der Waals surface area contributed by atoms with E-state index in [9.17, 15) is 13.2 Å². The zero-order chi connectivity index (χ0) is 25.8. The van der Waals surface area contributed by atoms with Crippen LogP contribution in [0, 0.1) is 6.92 Å². The SMILES string of the molecule is Cc1ccc(S(=O)(=O)Nc2ccc(C(=O)Nc3nc(-c4ccc(-c5ccccc5)cc4)cs3)cc2)cc1. The Labute approximate surface area is 219 Å². The zero-order valence-electron chi connectivity index (χ0n) is 19.9. The van der Waals surface area contributed by atoms with Crippen LogP contribution in [0.2, 0.25) is 0 Å². The Morgan fingerprint density at radius 2 is 1.38 bits per heavy atom. The van der Waals surface area contributed by atoms with E-state index in [0.29, 0.717) is 16.4 Å². The Bertz CT molecular complexity index is 1630. The maximum absolute atomic E-state index is 12.7. The van der Waals surface area contributed by atoms with Crippen LogP contribution in [-0.4, -0.2) is 19.3 Å². The van der Waals surface area contributed by atoms with Gasteiger partial charge in [-0.3, -0.25) is 14.8 Å². The van der Waals surface area contributed by atoms with Crippen molar-refractivity contribution in [1.29, 1.82) is 0 Å². The number of benzene rings is 4. The molecule has 0 radical (unpaired) electrons. The molecule has 1 heterocycles. The summed E-state index contributed by atoms with van der Waals surface area (Å²) in [6.45, 7) is 1.89. The van der Waals surface area contributed by atoms with Crippen molar-refractivity contribution in [2.24, 2.45) is 0 Å². The summed E-state index contributed by atoms with van der Waals surface area (Å²) in [5, 5.41) is 5.20. The Kier molecular flexibility index (Phi) is 6.85. The fourth-order valence-electron chi connectivity index (χ4n) is 3.72. The molecule has 1 amide bonds. The van der Waals surface area contributed by atoms with Crippen LogP contribution in [0.4, 0.5) is 10.8 Å². The zero-order valence-corrected chi connectivity index (χ0v) is 21.5. The predicted octanol–water partition coefficient (Wildman–Crippen LogP) is 6.84. The van der Waals surface area contributed by atoms with Crippen molar-refractivity contribution in [2.45, 2.75) is 11.8 Å². The smallest absolute Gasteiger partial charge is 0.261 e.